The van der Waals surface area contributed by atoms with E-state index in [0.29, 0.717) is 38.5 Å². The number of nitrogens with zero attached hydrogens (tertiary/aromatic N) is 5. The molecule has 0 amide bonds. The number of aliphatic hydroxyl groups is 1. The molecule has 0 aliphatic rings. The van der Waals surface area contributed by atoms with E-state index in [1.165, 1.54) is 23.5 Å². The van der Waals surface area contributed by atoms with Crippen molar-refractivity contribution in [2.45, 2.75) is 15.9 Å². The Morgan fingerprint density at radius 3 is 2.06 bits per heavy atom. The van der Waals surface area contributed by atoms with Crippen molar-refractivity contribution in [3.05, 3.63) is 70.9 Å². The summed E-state index contributed by atoms with van der Waals surface area (Å²) in [5.74, 6) is 0.671. The van der Waals surface area contributed by atoms with Crippen molar-refractivity contribution in [3.63, 3.8) is 0 Å². The van der Waals surface area contributed by atoms with Crippen molar-refractivity contribution >= 4 is 46.0 Å². The number of methoxy groups -OCH3 is 1. The minimum absolute atomic E-state index is 0.147. The Labute approximate surface area is 192 Å². The molecule has 0 fully saturated rings. The predicted molar refractivity (Wildman–Crippen MR) is 123 cm³/mol. The van der Waals surface area contributed by atoms with Gasteiger partial charge in [-0.1, -0.05) is 35.1 Å². The van der Waals surface area contributed by atoms with E-state index in [9.17, 15) is 5.11 Å². The van der Waals surface area contributed by atoms with Gasteiger partial charge < -0.3 is 9.84 Å². The summed E-state index contributed by atoms with van der Waals surface area (Å²) in [6, 6.07) is 10.5. The second-order valence-electron chi connectivity index (χ2n) is 6.45. The SMILES string of the molecule is COc1ccc2nc(Cl)c(C(O)(c3ccnc(SC)n3)c3ccnc(SC)n3)cc2c1. The Balaban J connectivity index is 2.03. The number of ether oxygens (including phenoxy) is 1. The van der Waals surface area contributed by atoms with Gasteiger partial charge in [-0.15, -0.1) is 0 Å². The molecule has 0 spiro atoms. The Hall–Kier alpha value is -2.46. The van der Waals surface area contributed by atoms with Gasteiger partial charge in [0.1, 0.15) is 10.9 Å². The van der Waals surface area contributed by atoms with Gasteiger partial charge in [-0.3, -0.25) is 0 Å². The topological polar surface area (TPSA) is 93.9 Å². The standard InChI is InChI=1S/C21H18ClN5O2S2/c1-29-13-4-5-15-12(10-13)11-14(18(22)25-15)21(28,16-6-8-23-19(26-16)30-2)17-7-9-24-20(27-17)31-3/h4-11,28H,1-3H3. The quantitative estimate of drug-likeness (QED) is 0.252. The number of halogens is 1. The van der Waals surface area contributed by atoms with Crippen molar-refractivity contribution < 1.29 is 9.84 Å². The third-order valence-corrected chi connectivity index (χ3v) is 6.15. The monoisotopic (exact) mass is 471 g/mol. The molecule has 4 rings (SSSR count). The summed E-state index contributed by atoms with van der Waals surface area (Å²) in [6.45, 7) is 0. The van der Waals surface area contributed by atoms with Gasteiger partial charge in [-0.2, -0.15) is 0 Å². The van der Waals surface area contributed by atoms with Crippen molar-refractivity contribution in [1.82, 2.24) is 24.9 Å². The number of hydrogen-bond donors (Lipinski definition) is 1. The summed E-state index contributed by atoms with van der Waals surface area (Å²) in [5, 5.41) is 14.1. The maximum atomic E-state index is 12.2. The first-order valence-electron chi connectivity index (χ1n) is 9.11. The molecule has 0 radical (unpaired) electrons. The first kappa shape index (κ1) is 21.8. The molecular weight excluding hydrogens is 454 g/mol. The molecule has 3 aromatic heterocycles. The van der Waals surface area contributed by atoms with Gasteiger partial charge in [-0.05, 0) is 48.9 Å². The summed E-state index contributed by atoms with van der Waals surface area (Å²) in [6.07, 6.45) is 6.93. The number of benzene rings is 1. The van der Waals surface area contributed by atoms with Crippen LogP contribution in [0.15, 0.2) is 59.1 Å². The van der Waals surface area contributed by atoms with E-state index < -0.39 is 5.60 Å². The molecule has 0 atom stereocenters. The molecular formula is C21H18ClN5O2S2. The smallest absolute Gasteiger partial charge is 0.187 e. The lowest BCUT2D eigenvalue weighted by Crippen LogP contribution is -2.32. The largest absolute Gasteiger partial charge is 0.497 e. The molecule has 7 nitrogen and oxygen atoms in total. The number of thioether (sulfide) groups is 2. The molecule has 1 aromatic carbocycles. The van der Waals surface area contributed by atoms with Crippen molar-refractivity contribution in [3.8, 4) is 5.75 Å². The molecule has 3 heterocycles. The normalized spacial score (nSPS) is 11.6. The van der Waals surface area contributed by atoms with Crippen LogP contribution in [0.25, 0.3) is 10.9 Å². The molecule has 0 aliphatic carbocycles. The maximum absolute atomic E-state index is 12.2. The van der Waals surface area contributed by atoms with E-state index >= 15 is 0 Å². The minimum atomic E-state index is -1.78. The summed E-state index contributed by atoms with van der Waals surface area (Å²) < 4.78 is 5.34. The highest BCUT2D eigenvalue weighted by Crippen LogP contribution is 2.40. The Morgan fingerprint density at radius 2 is 1.52 bits per heavy atom. The van der Waals surface area contributed by atoms with Crippen molar-refractivity contribution in [2.75, 3.05) is 19.6 Å². The van der Waals surface area contributed by atoms with Crippen LogP contribution in [0.1, 0.15) is 17.0 Å². The average molecular weight is 472 g/mol. The molecule has 0 unspecified atom stereocenters. The molecule has 0 saturated heterocycles. The van der Waals surface area contributed by atoms with E-state index in [2.05, 4.69) is 24.9 Å². The third-order valence-electron chi connectivity index (χ3n) is 4.74. The molecule has 4 aromatic rings. The second-order valence-corrected chi connectivity index (χ2v) is 8.36. The predicted octanol–water partition coefficient (Wildman–Crippen LogP) is 4.20. The van der Waals surface area contributed by atoms with Gasteiger partial charge >= 0.3 is 0 Å². The summed E-state index contributed by atoms with van der Waals surface area (Å²) >= 11 is 9.36. The minimum Gasteiger partial charge on any atom is -0.497 e. The van der Waals surface area contributed by atoms with Gasteiger partial charge in [-0.25, -0.2) is 24.9 Å². The number of aromatic nitrogens is 5. The van der Waals surface area contributed by atoms with E-state index in [1.54, 1.807) is 37.7 Å². The number of fused-ring (bicyclic) bond motifs is 1. The molecule has 0 aliphatic heterocycles. The zero-order chi connectivity index (χ0) is 22.0. The Kier molecular flexibility index (Phi) is 6.29. The number of rotatable bonds is 6. The van der Waals surface area contributed by atoms with Crippen LogP contribution in [0, 0.1) is 0 Å². The second kappa shape index (κ2) is 8.96. The van der Waals surface area contributed by atoms with Gasteiger partial charge in [0.05, 0.1) is 24.0 Å². The lowest BCUT2D eigenvalue weighted by Gasteiger charge is -2.28. The molecule has 158 valence electrons. The van der Waals surface area contributed by atoms with Crippen LogP contribution in [0.4, 0.5) is 0 Å². The Bertz CT molecular complexity index is 1210. The van der Waals surface area contributed by atoms with Gasteiger partial charge in [0, 0.05) is 23.3 Å². The van der Waals surface area contributed by atoms with Crippen LogP contribution < -0.4 is 4.74 Å². The van der Waals surface area contributed by atoms with Crippen molar-refractivity contribution in [2.24, 2.45) is 0 Å². The zero-order valence-electron chi connectivity index (χ0n) is 16.9. The van der Waals surface area contributed by atoms with Gasteiger partial charge in [0.25, 0.3) is 0 Å². The van der Waals surface area contributed by atoms with Crippen molar-refractivity contribution in [1.29, 1.82) is 0 Å². The number of hydrogen-bond acceptors (Lipinski definition) is 9. The summed E-state index contributed by atoms with van der Waals surface area (Å²) in [4.78, 5) is 22.1. The van der Waals surface area contributed by atoms with E-state index in [4.69, 9.17) is 16.3 Å². The highest BCUT2D eigenvalue weighted by atomic mass is 35.5. The van der Waals surface area contributed by atoms with Crippen LogP contribution >= 0.6 is 35.1 Å². The maximum Gasteiger partial charge on any atom is 0.187 e. The fourth-order valence-electron chi connectivity index (χ4n) is 3.20. The molecule has 10 heteroatoms. The van der Waals surface area contributed by atoms with E-state index in [0.717, 1.165) is 5.39 Å². The average Bonchev–Trinajstić information content (AvgIpc) is 2.82. The van der Waals surface area contributed by atoms with Crippen LogP contribution in [-0.4, -0.2) is 49.6 Å². The van der Waals surface area contributed by atoms with Crippen LogP contribution in [0.3, 0.4) is 0 Å². The first-order valence-corrected chi connectivity index (χ1v) is 11.9. The van der Waals surface area contributed by atoms with E-state index in [-0.39, 0.29) is 5.15 Å². The van der Waals surface area contributed by atoms with Gasteiger partial charge in [0.2, 0.25) is 0 Å². The first-order chi connectivity index (χ1) is 15.0. The zero-order valence-corrected chi connectivity index (χ0v) is 19.3. The molecule has 1 N–H and O–H groups in total. The highest BCUT2D eigenvalue weighted by Gasteiger charge is 2.40. The summed E-state index contributed by atoms with van der Waals surface area (Å²) in [5.41, 5.74) is -0.0715. The van der Waals surface area contributed by atoms with Crippen LogP contribution in [0.5, 0.6) is 5.75 Å². The third kappa shape index (κ3) is 4.06. The van der Waals surface area contributed by atoms with E-state index in [1.807, 2.05) is 30.7 Å². The number of pyridine rings is 1. The van der Waals surface area contributed by atoms with Crippen LogP contribution in [0.2, 0.25) is 5.15 Å². The fourth-order valence-corrected chi connectivity index (χ4v) is 4.19. The lowest BCUT2D eigenvalue weighted by molar-refractivity contribution is 0.114. The fraction of sp³-hybridized carbons (Fsp3) is 0.190. The highest BCUT2D eigenvalue weighted by molar-refractivity contribution is 7.98. The molecule has 31 heavy (non-hydrogen) atoms. The molecule has 0 saturated carbocycles. The van der Waals surface area contributed by atoms with Gasteiger partial charge in [0.15, 0.2) is 15.9 Å². The van der Waals surface area contributed by atoms with Crippen LogP contribution in [-0.2, 0) is 5.60 Å². The summed E-state index contributed by atoms with van der Waals surface area (Å²) in [7, 11) is 1.59. The molecule has 0 bridgehead atoms. The Morgan fingerprint density at radius 1 is 0.903 bits per heavy atom. The lowest BCUT2D eigenvalue weighted by atomic mass is 9.87.